The lowest BCUT2D eigenvalue weighted by molar-refractivity contribution is -0.141. The molecule has 2 saturated carbocycles. The molecule has 158 valence electrons. The molecule has 2 aliphatic rings. The molecule has 1 aromatic rings. The van der Waals surface area contributed by atoms with Gasteiger partial charge in [-0.1, -0.05) is 12.5 Å². The average molecular weight is 403 g/mol. The quantitative estimate of drug-likeness (QED) is 0.704. The first-order valence-electron chi connectivity index (χ1n) is 10.1. The van der Waals surface area contributed by atoms with E-state index < -0.39 is 12.0 Å². The van der Waals surface area contributed by atoms with Crippen LogP contribution in [0.15, 0.2) is 18.2 Å². The fraction of sp³-hybridized carbons (Fsp3) is 0.591. The number of amides is 1. The van der Waals surface area contributed by atoms with Crippen LogP contribution in [-0.2, 0) is 19.1 Å². The molecule has 7 heteroatoms. The summed E-state index contributed by atoms with van der Waals surface area (Å²) >= 11 is 0. The van der Waals surface area contributed by atoms with E-state index in [9.17, 15) is 14.4 Å². The van der Waals surface area contributed by atoms with E-state index in [-0.39, 0.29) is 30.1 Å². The Morgan fingerprint density at radius 1 is 1.07 bits per heavy atom. The lowest BCUT2D eigenvalue weighted by Gasteiger charge is -2.37. The summed E-state index contributed by atoms with van der Waals surface area (Å²) in [6.07, 6.45) is 4.01. The molecule has 1 N–H and O–H groups in total. The number of benzene rings is 1. The molecule has 0 spiro atoms. The van der Waals surface area contributed by atoms with E-state index >= 15 is 0 Å². The van der Waals surface area contributed by atoms with Gasteiger partial charge in [-0.25, -0.2) is 0 Å². The highest BCUT2D eigenvalue weighted by molar-refractivity contribution is 5.88. The predicted molar refractivity (Wildman–Crippen MR) is 106 cm³/mol. The highest BCUT2D eigenvalue weighted by Gasteiger charge is 2.41. The van der Waals surface area contributed by atoms with E-state index in [2.05, 4.69) is 5.32 Å². The van der Waals surface area contributed by atoms with Crippen LogP contribution in [0.1, 0.15) is 50.1 Å². The Kier molecular flexibility index (Phi) is 6.77. The average Bonchev–Trinajstić information content (AvgIpc) is 2.72. The maximum atomic E-state index is 13.0. The topological polar surface area (TPSA) is 90.9 Å². The van der Waals surface area contributed by atoms with E-state index in [1.807, 2.05) is 0 Å². The Hall–Kier alpha value is -2.57. The van der Waals surface area contributed by atoms with Crippen molar-refractivity contribution in [3.05, 3.63) is 23.8 Å². The van der Waals surface area contributed by atoms with Gasteiger partial charge < -0.3 is 19.5 Å². The number of rotatable bonds is 7. The van der Waals surface area contributed by atoms with Crippen LogP contribution in [0.2, 0.25) is 0 Å². The third-order valence-electron chi connectivity index (χ3n) is 6.14. The molecule has 0 aliphatic heterocycles. The predicted octanol–water partition coefficient (Wildman–Crippen LogP) is 2.82. The van der Waals surface area contributed by atoms with Crippen LogP contribution in [0.4, 0.5) is 0 Å². The van der Waals surface area contributed by atoms with Crippen molar-refractivity contribution in [2.75, 3.05) is 21.3 Å². The molecule has 3 unspecified atom stereocenters. The van der Waals surface area contributed by atoms with Crippen LogP contribution < -0.4 is 14.8 Å². The second-order valence-electron chi connectivity index (χ2n) is 7.85. The lowest BCUT2D eigenvalue weighted by atomic mass is 9.67. The molecule has 0 saturated heterocycles. The minimum atomic E-state index is -0.549. The van der Waals surface area contributed by atoms with Crippen LogP contribution in [0.3, 0.4) is 0 Å². The standard InChI is InChI=1S/C22H29NO6/c1-27-18-8-7-13(11-19(18)28-2)17(12-20(24)29-3)23-22(26)16-9-14-5-4-6-15(10-16)21(14)25/h7-8,11,14-17H,4-6,9-10,12H2,1-3H3,(H,23,26). The highest BCUT2D eigenvalue weighted by Crippen LogP contribution is 2.40. The number of ketones is 1. The Bertz CT molecular complexity index is 761. The first-order chi connectivity index (χ1) is 14.0. The van der Waals surface area contributed by atoms with Gasteiger partial charge in [-0.2, -0.15) is 0 Å². The number of fused-ring (bicyclic) bond motifs is 2. The van der Waals surface area contributed by atoms with E-state index in [1.165, 1.54) is 14.2 Å². The van der Waals surface area contributed by atoms with Gasteiger partial charge in [0, 0.05) is 17.8 Å². The largest absolute Gasteiger partial charge is 0.493 e. The van der Waals surface area contributed by atoms with Crippen molar-refractivity contribution in [1.29, 1.82) is 0 Å². The molecular formula is C22H29NO6. The molecule has 1 amide bonds. The highest BCUT2D eigenvalue weighted by atomic mass is 16.5. The number of nitrogens with one attached hydrogen (secondary N) is 1. The van der Waals surface area contributed by atoms with Crippen molar-refractivity contribution in [3.8, 4) is 11.5 Å². The Balaban J connectivity index is 1.78. The third-order valence-corrected chi connectivity index (χ3v) is 6.14. The maximum Gasteiger partial charge on any atom is 0.307 e. The monoisotopic (exact) mass is 403 g/mol. The molecule has 2 fully saturated rings. The number of methoxy groups -OCH3 is 3. The van der Waals surface area contributed by atoms with E-state index in [0.717, 1.165) is 24.8 Å². The zero-order chi connectivity index (χ0) is 21.0. The number of Topliss-reactive ketones (excluding diaryl/α,β-unsaturated/α-hetero) is 1. The molecular weight excluding hydrogens is 374 g/mol. The van der Waals surface area contributed by atoms with E-state index in [1.54, 1.807) is 25.3 Å². The number of carbonyl (C=O) groups is 3. The van der Waals surface area contributed by atoms with Crippen molar-refractivity contribution in [2.45, 2.75) is 44.6 Å². The summed E-state index contributed by atoms with van der Waals surface area (Å²) in [7, 11) is 4.41. The number of hydrogen-bond acceptors (Lipinski definition) is 6. The maximum absolute atomic E-state index is 13.0. The van der Waals surface area contributed by atoms with Crippen molar-refractivity contribution >= 4 is 17.7 Å². The number of carbonyl (C=O) groups excluding carboxylic acids is 3. The molecule has 2 aliphatic carbocycles. The first kappa shape index (κ1) is 21.1. The number of hydrogen-bond donors (Lipinski definition) is 1. The summed E-state index contributed by atoms with van der Waals surface area (Å²) in [6.45, 7) is 0. The third kappa shape index (κ3) is 4.71. The molecule has 1 aromatic carbocycles. The van der Waals surface area contributed by atoms with Gasteiger partial charge in [0.25, 0.3) is 0 Å². The zero-order valence-electron chi connectivity index (χ0n) is 17.2. The van der Waals surface area contributed by atoms with Crippen molar-refractivity contribution in [1.82, 2.24) is 5.32 Å². The summed E-state index contributed by atoms with van der Waals surface area (Å²) in [5.41, 5.74) is 0.730. The van der Waals surface area contributed by atoms with Gasteiger partial charge in [0.1, 0.15) is 5.78 Å². The zero-order valence-corrected chi connectivity index (χ0v) is 17.2. The minimum absolute atomic E-state index is 0.00149. The van der Waals surface area contributed by atoms with Crippen LogP contribution >= 0.6 is 0 Å². The van der Waals surface area contributed by atoms with Gasteiger partial charge in [-0.05, 0) is 43.4 Å². The fourth-order valence-electron chi connectivity index (χ4n) is 4.56. The molecule has 7 nitrogen and oxygen atoms in total. The van der Waals surface area contributed by atoms with Crippen molar-refractivity contribution in [2.24, 2.45) is 17.8 Å². The molecule has 0 aromatic heterocycles. The lowest BCUT2D eigenvalue weighted by Crippen LogP contribution is -2.43. The van der Waals surface area contributed by atoms with Gasteiger partial charge in [0.2, 0.25) is 5.91 Å². The molecule has 0 heterocycles. The second-order valence-corrected chi connectivity index (χ2v) is 7.85. The fourth-order valence-corrected chi connectivity index (χ4v) is 4.56. The molecule has 3 rings (SSSR count). The van der Waals surface area contributed by atoms with Gasteiger partial charge >= 0.3 is 5.97 Å². The van der Waals surface area contributed by atoms with Crippen molar-refractivity contribution in [3.63, 3.8) is 0 Å². The summed E-state index contributed by atoms with van der Waals surface area (Å²) < 4.78 is 15.4. The number of esters is 1. The molecule has 3 atom stereocenters. The van der Waals surface area contributed by atoms with Gasteiger partial charge in [-0.3, -0.25) is 14.4 Å². The number of ether oxygens (including phenoxy) is 3. The summed E-state index contributed by atoms with van der Waals surface area (Å²) in [5, 5.41) is 3.01. The van der Waals surface area contributed by atoms with Gasteiger partial charge in [-0.15, -0.1) is 0 Å². The van der Waals surface area contributed by atoms with Crippen LogP contribution in [0.5, 0.6) is 11.5 Å². The summed E-state index contributed by atoms with van der Waals surface area (Å²) in [6, 6.07) is 4.75. The second kappa shape index (κ2) is 9.29. The van der Waals surface area contributed by atoms with Crippen LogP contribution in [0, 0.1) is 17.8 Å². The normalized spacial score (nSPS) is 24.4. The van der Waals surface area contributed by atoms with E-state index in [4.69, 9.17) is 14.2 Å². The minimum Gasteiger partial charge on any atom is -0.493 e. The van der Waals surface area contributed by atoms with Crippen LogP contribution in [0.25, 0.3) is 0 Å². The molecule has 2 bridgehead atoms. The smallest absolute Gasteiger partial charge is 0.307 e. The summed E-state index contributed by atoms with van der Waals surface area (Å²) in [5.74, 6) is 0.676. The first-order valence-corrected chi connectivity index (χ1v) is 10.1. The van der Waals surface area contributed by atoms with Gasteiger partial charge in [0.15, 0.2) is 11.5 Å². The Morgan fingerprint density at radius 2 is 1.72 bits per heavy atom. The van der Waals surface area contributed by atoms with Crippen molar-refractivity contribution < 1.29 is 28.6 Å². The van der Waals surface area contributed by atoms with Crippen LogP contribution in [-0.4, -0.2) is 39.0 Å². The Morgan fingerprint density at radius 3 is 2.31 bits per heavy atom. The van der Waals surface area contributed by atoms with Gasteiger partial charge in [0.05, 0.1) is 33.8 Å². The Labute approximate surface area is 171 Å². The molecule has 29 heavy (non-hydrogen) atoms. The SMILES string of the molecule is COC(=O)CC(NC(=O)C1CC2CCCC(C1)C2=O)c1ccc(OC)c(OC)c1. The van der Waals surface area contributed by atoms with E-state index in [0.29, 0.717) is 30.1 Å². The summed E-state index contributed by atoms with van der Waals surface area (Å²) in [4.78, 5) is 37.3. The molecule has 0 radical (unpaired) electrons.